The van der Waals surface area contributed by atoms with Crippen LogP contribution in [0.3, 0.4) is 0 Å². The molecule has 4 aromatic heterocycles. The zero-order valence-corrected chi connectivity index (χ0v) is 35.0. The molecule has 0 N–H and O–H groups in total. The molecule has 0 bridgehead atoms. The van der Waals surface area contributed by atoms with Crippen molar-refractivity contribution in [3.05, 3.63) is 193 Å². The van der Waals surface area contributed by atoms with Crippen molar-refractivity contribution in [1.82, 2.24) is 28.7 Å². The summed E-state index contributed by atoms with van der Waals surface area (Å²) in [6, 6.07) is 65.8. The number of fused-ring (bicyclic) bond motifs is 10. The van der Waals surface area contributed by atoms with Crippen LogP contribution in [0.4, 0.5) is 0 Å². The fourth-order valence-electron chi connectivity index (χ4n) is 9.76. The normalized spacial score (nSPS) is 12.0. The maximum atomic E-state index is 11.1. The molecule has 63 heavy (non-hydrogen) atoms. The zero-order valence-electron chi connectivity index (χ0n) is 35.0. The molecule has 0 aliphatic rings. The Kier molecular flexibility index (Phi) is 8.02. The molecule has 0 aliphatic heterocycles. The number of rotatable bonds is 5. The highest BCUT2D eigenvalue weighted by Crippen LogP contribution is 2.43. The minimum atomic E-state index is -0.173. The van der Waals surface area contributed by atoms with E-state index in [9.17, 15) is 5.26 Å². The third kappa shape index (κ3) is 5.55. The molecular formula is C56H39N7. The molecule has 0 saturated carbocycles. The Morgan fingerprint density at radius 3 is 1.68 bits per heavy atom. The smallest absolute Gasteiger partial charge is 0.238 e. The predicted molar refractivity (Wildman–Crippen MR) is 257 cm³/mol. The molecule has 8 aromatic carbocycles. The number of para-hydroxylation sites is 5. The first-order valence-electron chi connectivity index (χ1n) is 21.3. The Bertz CT molecular complexity index is 3800. The van der Waals surface area contributed by atoms with Crippen LogP contribution in [0.1, 0.15) is 31.9 Å². The summed E-state index contributed by atoms with van der Waals surface area (Å²) in [5.41, 5.74) is 11.3. The second-order valence-electron chi connectivity index (χ2n) is 17.2. The molecule has 0 saturated heterocycles. The lowest BCUT2D eigenvalue weighted by atomic mass is 9.83. The molecule has 7 heteroatoms. The number of nitrogens with zero attached hydrogens (tertiary/aromatic N) is 7. The number of hydrogen-bond acceptors (Lipinski definition) is 4. The van der Waals surface area contributed by atoms with Crippen LogP contribution in [0.15, 0.2) is 182 Å². The standard InChI is InChI=1S/C56H39N7/c1-56(2,3)44-24-12-7-22-42(44)54-58-53(59-55(60-54)63-47-26-14-8-19-38(47)39-20-9-15-27-48(39)63)35-29-31-45(36(33-35)34-57)62-46-25-13-10-21-40(46)41-30-32-50-51(52(41)62)43-23-11-16-28-49(43)61(50)37-17-5-4-6-18-37/h4-33H,1-3H3. The van der Waals surface area contributed by atoms with Crippen molar-refractivity contribution in [3.8, 4) is 46.2 Å². The topological polar surface area (TPSA) is 77.2 Å². The number of benzene rings is 8. The molecule has 0 aliphatic carbocycles. The maximum Gasteiger partial charge on any atom is 0.238 e. The van der Waals surface area contributed by atoms with Gasteiger partial charge in [0.05, 0.1) is 44.4 Å². The van der Waals surface area contributed by atoms with Gasteiger partial charge < -0.3 is 9.13 Å². The first-order valence-corrected chi connectivity index (χ1v) is 21.3. The van der Waals surface area contributed by atoms with Gasteiger partial charge in [-0.25, -0.2) is 4.98 Å². The van der Waals surface area contributed by atoms with Crippen molar-refractivity contribution in [2.24, 2.45) is 0 Å². The van der Waals surface area contributed by atoms with Gasteiger partial charge in [0, 0.05) is 49.1 Å². The molecular weight excluding hydrogens is 771 g/mol. The van der Waals surface area contributed by atoms with Gasteiger partial charge in [0.25, 0.3) is 0 Å². The summed E-state index contributed by atoms with van der Waals surface area (Å²) in [6.45, 7) is 6.63. The molecule has 0 radical (unpaired) electrons. The summed E-state index contributed by atoms with van der Waals surface area (Å²) in [6.07, 6.45) is 0. The molecule has 298 valence electrons. The molecule has 0 unspecified atom stereocenters. The van der Waals surface area contributed by atoms with Crippen LogP contribution < -0.4 is 0 Å². The Balaban J connectivity index is 1.12. The third-order valence-corrected chi connectivity index (χ3v) is 12.5. The summed E-state index contributed by atoms with van der Waals surface area (Å²) in [4.78, 5) is 15.8. The molecule has 4 heterocycles. The largest absolute Gasteiger partial charge is 0.309 e. The van der Waals surface area contributed by atoms with E-state index in [2.05, 4.69) is 204 Å². The van der Waals surface area contributed by atoms with Gasteiger partial charge in [0.2, 0.25) is 5.95 Å². The van der Waals surface area contributed by atoms with Gasteiger partial charge in [-0.15, -0.1) is 0 Å². The Morgan fingerprint density at radius 2 is 1.02 bits per heavy atom. The van der Waals surface area contributed by atoms with E-state index in [0.29, 0.717) is 23.2 Å². The van der Waals surface area contributed by atoms with Crippen LogP contribution >= 0.6 is 0 Å². The summed E-state index contributed by atoms with van der Waals surface area (Å²) < 4.78 is 6.75. The monoisotopic (exact) mass is 809 g/mol. The van der Waals surface area contributed by atoms with Gasteiger partial charge in [-0.1, -0.05) is 142 Å². The van der Waals surface area contributed by atoms with Crippen molar-refractivity contribution < 1.29 is 0 Å². The maximum absolute atomic E-state index is 11.1. The van der Waals surface area contributed by atoms with Gasteiger partial charge in [0.15, 0.2) is 11.6 Å². The Labute approximate surface area is 363 Å². The van der Waals surface area contributed by atoms with Crippen molar-refractivity contribution in [2.45, 2.75) is 26.2 Å². The van der Waals surface area contributed by atoms with Gasteiger partial charge >= 0.3 is 0 Å². The van der Waals surface area contributed by atoms with E-state index in [1.807, 2.05) is 18.2 Å². The fourth-order valence-corrected chi connectivity index (χ4v) is 9.76. The van der Waals surface area contributed by atoms with Crippen LogP contribution in [0, 0.1) is 11.3 Å². The van der Waals surface area contributed by atoms with Crippen molar-refractivity contribution in [3.63, 3.8) is 0 Å². The van der Waals surface area contributed by atoms with Crippen molar-refractivity contribution in [2.75, 3.05) is 0 Å². The minimum Gasteiger partial charge on any atom is -0.309 e. The molecule has 0 spiro atoms. The molecule has 0 fully saturated rings. The van der Waals surface area contributed by atoms with Crippen LogP contribution in [0.5, 0.6) is 0 Å². The van der Waals surface area contributed by atoms with E-state index in [1.165, 1.54) is 0 Å². The second-order valence-corrected chi connectivity index (χ2v) is 17.2. The van der Waals surface area contributed by atoms with Crippen LogP contribution in [-0.4, -0.2) is 28.7 Å². The molecule has 7 nitrogen and oxygen atoms in total. The number of aromatic nitrogens is 6. The first-order chi connectivity index (χ1) is 30.9. The highest BCUT2D eigenvalue weighted by Gasteiger charge is 2.25. The van der Waals surface area contributed by atoms with Gasteiger partial charge in [-0.2, -0.15) is 15.2 Å². The lowest BCUT2D eigenvalue weighted by Gasteiger charge is -2.22. The van der Waals surface area contributed by atoms with Crippen LogP contribution in [-0.2, 0) is 5.41 Å². The second kappa shape index (κ2) is 13.8. The van der Waals surface area contributed by atoms with Gasteiger partial charge in [-0.05, 0) is 71.6 Å². The summed E-state index contributed by atoms with van der Waals surface area (Å²) in [7, 11) is 0. The van der Waals surface area contributed by atoms with Gasteiger partial charge in [0.1, 0.15) is 6.07 Å². The quantitative estimate of drug-likeness (QED) is 0.173. The van der Waals surface area contributed by atoms with Crippen LogP contribution in [0.25, 0.3) is 106 Å². The van der Waals surface area contributed by atoms with Crippen molar-refractivity contribution in [1.29, 1.82) is 5.26 Å². The average molecular weight is 810 g/mol. The minimum absolute atomic E-state index is 0.173. The Hall–Kier alpha value is -8.34. The summed E-state index contributed by atoms with van der Waals surface area (Å²) in [5.74, 6) is 1.57. The predicted octanol–water partition coefficient (Wildman–Crippen LogP) is 13.7. The summed E-state index contributed by atoms with van der Waals surface area (Å²) in [5, 5.41) is 17.9. The van der Waals surface area contributed by atoms with Gasteiger partial charge in [-0.3, -0.25) is 4.57 Å². The zero-order chi connectivity index (χ0) is 42.4. The lowest BCUT2D eigenvalue weighted by molar-refractivity contribution is 0.591. The molecule has 12 rings (SSSR count). The molecule has 0 amide bonds. The third-order valence-electron chi connectivity index (χ3n) is 12.5. The Morgan fingerprint density at radius 1 is 0.460 bits per heavy atom. The molecule has 0 atom stereocenters. The average Bonchev–Trinajstić information content (AvgIpc) is 3.97. The molecule has 12 aromatic rings. The van der Waals surface area contributed by atoms with E-state index in [1.54, 1.807) is 0 Å². The highest BCUT2D eigenvalue weighted by atomic mass is 15.2. The van der Waals surface area contributed by atoms with E-state index in [4.69, 9.17) is 15.0 Å². The van der Waals surface area contributed by atoms with Crippen molar-refractivity contribution >= 4 is 65.4 Å². The van der Waals surface area contributed by atoms with Crippen LogP contribution in [0.2, 0.25) is 0 Å². The SMILES string of the molecule is CC(C)(C)c1ccccc1-c1nc(-c2ccc(-n3c4ccccc4c4ccc5c(c6ccccc6n5-c5ccccc5)c43)c(C#N)c2)nc(-n2c3ccccc3c3ccccc32)n1. The van der Waals surface area contributed by atoms with E-state index < -0.39 is 0 Å². The lowest BCUT2D eigenvalue weighted by Crippen LogP contribution is -2.14. The van der Waals surface area contributed by atoms with E-state index in [-0.39, 0.29) is 5.41 Å². The number of nitriles is 1. The summed E-state index contributed by atoms with van der Waals surface area (Å²) >= 11 is 0. The first kappa shape index (κ1) is 36.5. The van der Waals surface area contributed by atoms with E-state index in [0.717, 1.165) is 93.5 Å². The number of hydrogen-bond donors (Lipinski definition) is 0. The highest BCUT2D eigenvalue weighted by molar-refractivity contribution is 6.26. The van der Waals surface area contributed by atoms with E-state index >= 15 is 0 Å². The fraction of sp³-hybridized carbons (Fsp3) is 0.0714.